The molecule has 2 aromatic heterocycles. The molecule has 0 spiro atoms. The van der Waals surface area contributed by atoms with Crippen LogP contribution in [0, 0.1) is 6.92 Å². The van der Waals surface area contributed by atoms with Gasteiger partial charge < -0.3 is 14.2 Å². The van der Waals surface area contributed by atoms with Crippen LogP contribution in [0.25, 0.3) is 22.1 Å². The maximum absolute atomic E-state index is 13.1. The maximum atomic E-state index is 13.1. The van der Waals surface area contributed by atoms with Gasteiger partial charge in [-0.05, 0) is 61.0 Å². The predicted molar refractivity (Wildman–Crippen MR) is 143 cm³/mol. The number of fused-ring (bicyclic) bond motifs is 3. The van der Waals surface area contributed by atoms with Crippen LogP contribution in [0.1, 0.15) is 11.1 Å². The summed E-state index contributed by atoms with van der Waals surface area (Å²) in [5.41, 5.74) is 3.53. The van der Waals surface area contributed by atoms with Crippen LogP contribution in [0.4, 0.5) is 0 Å². The van der Waals surface area contributed by atoms with Gasteiger partial charge in [-0.2, -0.15) is 0 Å². The second-order valence-electron chi connectivity index (χ2n) is 7.94. The lowest BCUT2D eigenvalue weighted by molar-refractivity contribution is 0.0763. The van der Waals surface area contributed by atoms with Gasteiger partial charge in [0.05, 0.1) is 28.8 Å². The van der Waals surface area contributed by atoms with E-state index in [9.17, 15) is 4.79 Å². The van der Waals surface area contributed by atoms with E-state index in [1.165, 1.54) is 11.3 Å². The summed E-state index contributed by atoms with van der Waals surface area (Å²) in [6, 6.07) is 21.3. The first-order valence-corrected chi connectivity index (χ1v) is 12.8. The van der Waals surface area contributed by atoms with E-state index in [2.05, 4.69) is 20.9 Å². The third-order valence-corrected chi connectivity index (χ3v) is 6.84. The van der Waals surface area contributed by atoms with Gasteiger partial charge in [-0.15, -0.1) is 0 Å². The van der Waals surface area contributed by atoms with Gasteiger partial charge in [0.1, 0.15) is 24.7 Å². The lowest BCUT2D eigenvalue weighted by atomic mass is 10.2. The van der Waals surface area contributed by atoms with Crippen molar-refractivity contribution in [2.45, 2.75) is 6.92 Å². The molecule has 5 rings (SSSR count). The SMILES string of the molecule is Cc1cccc(OCCOCCOc2ccc(Br)cc2/C=c2/sc3nc4ccccc4n3c2=O)c1. The summed E-state index contributed by atoms with van der Waals surface area (Å²) in [6.07, 6.45) is 1.85. The highest BCUT2D eigenvalue weighted by Gasteiger charge is 2.11. The number of aromatic nitrogens is 2. The summed E-state index contributed by atoms with van der Waals surface area (Å²) < 4.78 is 20.5. The van der Waals surface area contributed by atoms with E-state index in [1.807, 2.05) is 79.7 Å². The molecular formula is C27H23BrN2O4S. The Balaban J connectivity index is 1.24. The number of para-hydroxylation sites is 2. The molecule has 5 aromatic rings. The zero-order valence-electron chi connectivity index (χ0n) is 19.1. The molecule has 8 heteroatoms. The fourth-order valence-corrected chi connectivity index (χ4v) is 5.11. The number of hydrogen-bond donors (Lipinski definition) is 0. The molecule has 0 saturated carbocycles. The number of ether oxygens (including phenoxy) is 3. The van der Waals surface area contributed by atoms with Gasteiger partial charge in [0.25, 0.3) is 5.56 Å². The van der Waals surface area contributed by atoms with Gasteiger partial charge in [0.2, 0.25) is 0 Å². The van der Waals surface area contributed by atoms with Crippen LogP contribution >= 0.6 is 27.3 Å². The average Bonchev–Trinajstić information content (AvgIpc) is 3.35. The molecule has 178 valence electrons. The highest BCUT2D eigenvalue weighted by molar-refractivity contribution is 9.10. The first-order chi connectivity index (χ1) is 17.1. The van der Waals surface area contributed by atoms with Gasteiger partial charge in [0.15, 0.2) is 4.96 Å². The Kier molecular flexibility index (Phi) is 7.13. The quantitative estimate of drug-likeness (QED) is 0.241. The molecule has 3 aromatic carbocycles. The van der Waals surface area contributed by atoms with E-state index in [1.54, 1.807) is 4.40 Å². The van der Waals surface area contributed by atoms with Crippen molar-refractivity contribution >= 4 is 49.3 Å². The Morgan fingerprint density at radius 3 is 2.66 bits per heavy atom. The summed E-state index contributed by atoms with van der Waals surface area (Å²) in [6.45, 7) is 3.79. The van der Waals surface area contributed by atoms with Crippen molar-refractivity contribution in [3.8, 4) is 11.5 Å². The topological polar surface area (TPSA) is 62.1 Å². The van der Waals surface area contributed by atoms with E-state index >= 15 is 0 Å². The van der Waals surface area contributed by atoms with Crippen LogP contribution < -0.4 is 19.6 Å². The molecule has 6 nitrogen and oxygen atoms in total. The summed E-state index contributed by atoms with van der Waals surface area (Å²) >= 11 is 4.89. The first kappa shape index (κ1) is 23.5. The molecule has 0 aliphatic carbocycles. The third-order valence-electron chi connectivity index (χ3n) is 5.37. The standard InChI is InChI=1S/C27H23BrN2O4S/c1-18-5-4-6-21(15-18)33-13-11-32-12-14-34-24-10-9-20(28)16-19(24)17-25-26(31)30-23-8-3-2-7-22(23)29-27(30)35-25/h2-10,15-17H,11-14H2,1H3/b25-17+. The van der Waals surface area contributed by atoms with E-state index < -0.39 is 0 Å². The van der Waals surface area contributed by atoms with E-state index in [4.69, 9.17) is 14.2 Å². The summed E-state index contributed by atoms with van der Waals surface area (Å²) in [7, 11) is 0. The Morgan fingerprint density at radius 1 is 0.971 bits per heavy atom. The van der Waals surface area contributed by atoms with Gasteiger partial charge in [-0.3, -0.25) is 4.79 Å². The molecule has 0 radical (unpaired) electrons. The Hall–Kier alpha value is -3.20. The molecule has 0 aliphatic heterocycles. The van der Waals surface area contributed by atoms with Gasteiger partial charge in [-0.1, -0.05) is 51.5 Å². The molecule has 0 aliphatic rings. The van der Waals surface area contributed by atoms with E-state index in [-0.39, 0.29) is 5.56 Å². The monoisotopic (exact) mass is 550 g/mol. The van der Waals surface area contributed by atoms with Crippen molar-refractivity contribution in [2.24, 2.45) is 0 Å². The molecule has 0 N–H and O–H groups in total. The lowest BCUT2D eigenvalue weighted by Gasteiger charge is -2.11. The number of benzene rings is 3. The minimum Gasteiger partial charge on any atom is -0.491 e. The Labute approximate surface area is 214 Å². The summed E-state index contributed by atoms with van der Waals surface area (Å²) in [5, 5.41) is 0. The number of thiazole rings is 1. The van der Waals surface area contributed by atoms with Crippen LogP contribution in [0.5, 0.6) is 11.5 Å². The molecule has 0 fully saturated rings. The fourth-order valence-electron chi connectivity index (χ4n) is 3.75. The van der Waals surface area contributed by atoms with Crippen molar-refractivity contribution in [1.29, 1.82) is 0 Å². The number of aryl methyl sites for hydroxylation is 1. The smallest absolute Gasteiger partial charge is 0.274 e. The second kappa shape index (κ2) is 10.6. The third kappa shape index (κ3) is 5.40. The second-order valence-corrected chi connectivity index (χ2v) is 9.87. The van der Waals surface area contributed by atoms with Crippen LogP contribution in [0.2, 0.25) is 0 Å². The fraction of sp³-hybridized carbons (Fsp3) is 0.185. The number of halogens is 1. The van der Waals surface area contributed by atoms with Crippen LogP contribution in [-0.2, 0) is 4.74 Å². The van der Waals surface area contributed by atoms with Crippen molar-refractivity contribution in [2.75, 3.05) is 26.4 Å². The number of hydrogen-bond acceptors (Lipinski definition) is 6. The zero-order valence-corrected chi connectivity index (χ0v) is 21.5. The van der Waals surface area contributed by atoms with Crippen molar-refractivity contribution in [1.82, 2.24) is 9.38 Å². The Bertz CT molecular complexity index is 1590. The number of nitrogens with zero attached hydrogens (tertiary/aromatic N) is 2. The average molecular weight is 551 g/mol. The van der Waals surface area contributed by atoms with Crippen LogP contribution in [-0.4, -0.2) is 35.8 Å². The first-order valence-electron chi connectivity index (χ1n) is 11.2. The zero-order chi connectivity index (χ0) is 24.2. The van der Waals surface area contributed by atoms with Crippen LogP contribution in [0.15, 0.2) is 76.0 Å². The molecule has 35 heavy (non-hydrogen) atoms. The van der Waals surface area contributed by atoms with Crippen molar-refractivity contribution in [3.05, 3.63) is 97.2 Å². The van der Waals surface area contributed by atoms with Gasteiger partial charge >= 0.3 is 0 Å². The van der Waals surface area contributed by atoms with Crippen molar-refractivity contribution < 1.29 is 14.2 Å². The highest BCUT2D eigenvalue weighted by atomic mass is 79.9. The van der Waals surface area contributed by atoms with E-state index in [0.717, 1.165) is 32.4 Å². The molecule has 0 amide bonds. The molecule has 2 heterocycles. The number of imidazole rings is 1. The van der Waals surface area contributed by atoms with Crippen molar-refractivity contribution in [3.63, 3.8) is 0 Å². The van der Waals surface area contributed by atoms with Crippen LogP contribution in [0.3, 0.4) is 0 Å². The Morgan fingerprint density at radius 2 is 1.80 bits per heavy atom. The molecule has 0 unspecified atom stereocenters. The normalized spacial score (nSPS) is 12.0. The molecule has 0 saturated heterocycles. The largest absolute Gasteiger partial charge is 0.491 e. The minimum absolute atomic E-state index is 0.0819. The highest BCUT2D eigenvalue weighted by Crippen LogP contribution is 2.24. The molecule has 0 atom stereocenters. The predicted octanol–water partition coefficient (Wildman–Crippen LogP) is 5.00. The minimum atomic E-state index is -0.0819. The summed E-state index contributed by atoms with van der Waals surface area (Å²) in [5.74, 6) is 1.52. The number of rotatable bonds is 9. The van der Waals surface area contributed by atoms with Gasteiger partial charge in [-0.25, -0.2) is 9.38 Å². The summed E-state index contributed by atoms with van der Waals surface area (Å²) in [4.78, 5) is 18.4. The van der Waals surface area contributed by atoms with Gasteiger partial charge in [0, 0.05) is 10.0 Å². The molecule has 0 bridgehead atoms. The molecular weight excluding hydrogens is 528 g/mol. The maximum Gasteiger partial charge on any atom is 0.274 e. The lowest BCUT2D eigenvalue weighted by Crippen LogP contribution is -2.22. The van der Waals surface area contributed by atoms with E-state index in [0.29, 0.717) is 41.7 Å².